The zero-order valence-corrected chi connectivity index (χ0v) is 13.2. The van der Waals surface area contributed by atoms with Gasteiger partial charge in [0.25, 0.3) is 5.91 Å². The molecule has 1 fully saturated rings. The quantitative estimate of drug-likeness (QED) is 0.913. The van der Waals surface area contributed by atoms with E-state index in [2.05, 4.69) is 10.4 Å². The number of aromatic nitrogens is 2. The molecule has 1 N–H and O–H groups in total. The number of carbonyl (C=O) groups is 1. The Kier molecular flexibility index (Phi) is 4.75. The van der Waals surface area contributed by atoms with Gasteiger partial charge in [-0.2, -0.15) is 5.10 Å². The SMILES string of the molecule is Cn1cc(C2CN(C(=O)COc3ccc(F)c(F)c3)CCN2)cn1. The topological polar surface area (TPSA) is 59.4 Å². The number of rotatable bonds is 4. The third-order valence-electron chi connectivity index (χ3n) is 3.91. The number of piperazine rings is 1. The molecule has 0 radical (unpaired) electrons. The van der Waals surface area contributed by atoms with Crippen LogP contribution in [0.2, 0.25) is 0 Å². The molecule has 0 spiro atoms. The number of halogens is 2. The Labute approximate surface area is 138 Å². The molecule has 24 heavy (non-hydrogen) atoms. The van der Waals surface area contributed by atoms with Crippen LogP contribution >= 0.6 is 0 Å². The second-order valence-corrected chi connectivity index (χ2v) is 5.66. The molecule has 1 aliphatic heterocycles. The molecule has 0 saturated carbocycles. The van der Waals surface area contributed by atoms with Gasteiger partial charge >= 0.3 is 0 Å². The molecule has 2 heterocycles. The van der Waals surface area contributed by atoms with Crippen LogP contribution in [0.4, 0.5) is 8.78 Å². The number of nitrogens with zero attached hydrogens (tertiary/aromatic N) is 3. The van der Waals surface area contributed by atoms with Crippen LogP contribution in [-0.4, -0.2) is 46.8 Å². The highest BCUT2D eigenvalue weighted by Gasteiger charge is 2.25. The molecular weight excluding hydrogens is 318 g/mol. The van der Waals surface area contributed by atoms with Gasteiger partial charge in [0.05, 0.1) is 12.2 Å². The van der Waals surface area contributed by atoms with Crippen molar-refractivity contribution < 1.29 is 18.3 Å². The van der Waals surface area contributed by atoms with E-state index in [1.54, 1.807) is 15.8 Å². The van der Waals surface area contributed by atoms with Crippen molar-refractivity contribution in [1.29, 1.82) is 0 Å². The summed E-state index contributed by atoms with van der Waals surface area (Å²) in [5.41, 5.74) is 1.01. The first-order chi connectivity index (χ1) is 11.5. The monoisotopic (exact) mass is 336 g/mol. The van der Waals surface area contributed by atoms with Gasteiger partial charge in [-0.3, -0.25) is 9.48 Å². The van der Waals surface area contributed by atoms with E-state index in [4.69, 9.17) is 4.74 Å². The number of hydrogen-bond acceptors (Lipinski definition) is 4. The van der Waals surface area contributed by atoms with E-state index in [0.29, 0.717) is 19.6 Å². The first kappa shape index (κ1) is 16.4. The molecular formula is C16H18F2N4O2. The van der Waals surface area contributed by atoms with E-state index >= 15 is 0 Å². The lowest BCUT2D eigenvalue weighted by atomic mass is 10.1. The van der Waals surface area contributed by atoms with Crippen LogP contribution < -0.4 is 10.1 Å². The molecule has 3 rings (SSSR count). The minimum Gasteiger partial charge on any atom is -0.484 e. The summed E-state index contributed by atoms with van der Waals surface area (Å²) in [6.07, 6.45) is 3.67. The lowest BCUT2D eigenvalue weighted by molar-refractivity contribution is -0.134. The zero-order chi connectivity index (χ0) is 17.1. The van der Waals surface area contributed by atoms with Crippen LogP contribution in [0.1, 0.15) is 11.6 Å². The molecule has 1 aromatic carbocycles. The second-order valence-electron chi connectivity index (χ2n) is 5.66. The van der Waals surface area contributed by atoms with Crippen LogP contribution in [0.15, 0.2) is 30.6 Å². The van der Waals surface area contributed by atoms with Crippen molar-refractivity contribution in [3.05, 3.63) is 47.8 Å². The van der Waals surface area contributed by atoms with Crippen LogP contribution in [0.3, 0.4) is 0 Å². The average molecular weight is 336 g/mol. The van der Waals surface area contributed by atoms with E-state index in [-0.39, 0.29) is 24.3 Å². The number of aryl methyl sites for hydroxylation is 1. The van der Waals surface area contributed by atoms with Gasteiger partial charge in [-0.25, -0.2) is 8.78 Å². The van der Waals surface area contributed by atoms with Crippen molar-refractivity contribution in [2.24, 2.45) is 7.05 Å². The van der Waals surface area contributed by atoms with Gasteiger partial charge in [-0.1, -0.05) is 0 Å². The van der Waals surface area contributed by atoms with Crippen LogP contribution in [0, 0.1) is 11.6 Å². The minimum absolute atomic E-state index is 0.0136. The van der Waals surface area contributed by atoms with Crippen molar-refractivity contribution in [3.63, 3.8) is 0 Å². The summed E-state index contributed by atoms with van der Waals surface area (Å²) in [7, 11) is 1.84. The first-order valence-corrected chi connectivity index (χ1v) is 7.60. The predicted molar refractivity (Wildman–Crippen MR) is 82.4 cm³/mol. The van der Waals surface area contributed by atoms with Crippen LogP contribution in [-0.2, 0) is 11.8 Å². The van der Waals surface area contributed by atoms with Gasteiger partial charge in [-0.15, -0.1) is 0 Å². The van der Waals surface area contributed by atoms with E-state index in [1.807, 2.05) is 13.2 Å². The molecule has 2 aromatic rings. The smallest absolute Gasteiger partial charge is 0.260 e. The van der Waals surface area contributed by atoms with Gasteiger partial charge in [0.15, 0.2) is 18.2 Å². The summed E-state index contributed by atoms with van der Waals surface area (Å²) < 4.78 is 33.0. The average Bonchev–Trinajstić information content (AvgIpc) is 3.02. The third kappa shape index (κ3) is 3.70. The molecule has 6 nitrogen and oxygen atoms in total. The second kappa shape index (κ2) is 6.96. The molecule has 1 saturated heterocycles. The van der Waals surface area contributed by atoms with E-state index in [0.717, 1.165) is 17.7 Å². The fourth-order valence-corrected chi connectivity index (χ4v) is 2.62. The summed E-state index contributed by atoms with van der Waals surface area (Å²) in [5.74, 6) is -2.02. The Balaban J connectivity index is 1.57. The number of hydrogen-bond donors (Lipinski definition) is 1. The lowest BCUT2D eigenvalue weighted by Crippen LogP contribution is -2.49. The molecule has 128 valence electrons. The molecule has 1 atom stereocenters. The molecule has 1 aromatic heterocycles. The highest BCUT2D eigenvalue weighted by Crippen LogP contribution is 2.18. The predicted octanol–water partition coefficient (Wildman–Crippen LogP) is 1.25. The van der Waals surface area contributed by atoms with Crippen molar-refractivity contribution in [3.8, 4) is 5.75 Å². The van der Waals surface area contributed by atoms with Gasteiger partial charge in [0.2, 0.25) is 0 Å². The number of benzene rings is 1. The molecule has 1 unspecified atom stereocenters. The van der Waals surface area contributed by atoms with Crippen molar-refractivity contribution in [1.82, 2.24) is 20.0 Å². The molecule has 8 heteroatoms. The molecule has 1 amide bonds. The normalized spacial score (nSPS) is 17.8. The lowest BCUT2D eigenvalue weighted by Gasteiger charge is -2.33. The largest absolute Gasteiger partial charge is 0.484 e. The number of carbonyl (C=O) groups excluding carboxylic acids is 1. The molecule has 0 aliphatic carbocycles. The first-order valence-electron chi connectivity index (χ1n) is 7.60. The molecule has 1 aliphatic rings. The highest BCUT2D eigenvalue weighted by atomic mass is 19.2. The van der Waals surface area contributed by atoms with Crippen LogP contribution in [0.5, 0.6) is 5.75 Å². The Bertz CT molecular complexity index is 735. The Morgan fingerprint density at radius 2 is 2.25 bits per heavy atom. The fraction of sp³-hybridized carbons (Fsp3) is 0.375. The fourth-order valence-electron chi connectivity index (χ4n) is 2.62. The Morgan fingerprint density at radius 3 is 2.96 bits per heavy atom. The van der Waals surface area contributed by atoms with Crippen molar-refractivity contribution in [2.75, 3.05) is 26.2 Å². The summed E-state index contributed by atoms with van der Waals surface area (Å²) in [6.45, 7) is 1.52. The van der Waals surface area contributed by atoms with E-state index in [9.17, 15) is 13.6 Å². The third-order valence-corrected chi connectivity index (χ3v) is 3.91. The van der Waals surface area contributed by atoms with E-state index < -0.39 is 11.6 Å². The maximum atomic E-state index is 13.1. The summed E-state index contributed by atoms with van der Waals surface area (Å²) >= 11 is 0. The number of nitrogens with one attached hydrogen (secondary N) is 1. The van der Waals surface area contributed by atoms with Gasteiger partial charge in [-0.05, 0) is 12.1 Å². The summed E-state index contributed by atoms with van der Waals surface area (Å²) in [6, 6.07) is 3.21. The molecule has 0 bridgehead atoms. The maximum Gasteiger partial charge on any atom is 0.260 e. The van der Waals surface area contributed by atoms with Gasteiger partial charge in [0.1, 0.15) is 5.75 Å². The Morgan fingerprint density at radius 1 is 1.42 bits per heavy atom. The minimum atomic E-state index is -1.00. The highest BCUT2D eigenvalue weighted by molar-refractivity contribution is 5.78. The maximum absolute atomic E-state index is 13.1. The van der Waals surface area contributed by atoms with Crippen molar-refractivity contribution in [2.45, 2.75) is 6.04 Å². The number of ether oxygens (including phenoxy) is 1. The van der Waals surface area contributed by atoms with E-state index in [1.165, 1.54) is 6.07 Å². The standard InChI is InChI=1S/C16H18F2N4O2/c1-21-8-11(7-20-21)15-9-22(5-4-19-15)16(23)10-24-12-2-3-13(17)14(18)6-12/h2-3,6-8,15,19H,4-5,9-10H2,1H3. The van der Waals surface area contributed by atoms with Gasteiger partial charge < -0.3 is 15.0 Å². The summed E-state index contributed by atoms with van der Waals surface area (Å²) in [5, 5.41) is 7.48. The number of amides is 1. The van der Waals surface area contributed by atoms with Gasteiger partial charge in [0, 0.05) is 44.5 Å². The Hall–Kier alpha value is -2.48. The van der Waals surface area contributed by atoms with Crippen LogP contribution in [0.25, 0.3) is 0 Å². The van der Waals surface area contributed by atoms with Crippen molar-refractivity contribution >= 4 is 5.91 Å². The zero-order valence-electron chi connectivity index (χ0n) is 13.2. The summed E-state index contributed by atoms with van der Waals surface area (Å²) in [4.78, 5) is 14.0.